The van der Waals surface area contributed by atoms with E-state index in [4.69, 9.17) is 0 Å². The summed E-state index contributed by atoms with van der Waals surface area (Å²) in [6.07, 6.45) is -0.400. The molecule has 0 heterocycles. The molecule has 1 saturated carbocycles. The molecule has 0 aromatic heterocycles. The summed E-state index contributed by atoms with van der Waals surface area (Å²) >= 11 is 0. The molecule has 2 rings (SSSR count). The lowest BCUT2D eigenvalue weighted by atomic mass is 9.84. The van der Waals surface area contributed by atoms with E-state index in [0.29, 0.717) is 0 Å². The van der Waals surface area contributed by atoms with Gasteiger partial charge >= 0.3 is 6.18 Å². The third-order valence-corrected chi connectivity index (χ3v) is 5.67. The molecule has 21 heavy (non-hydrogen) atoms. The maximum absolute atomic E-state index is 12.6. The van der Waals surface area contributed by atoms with Crippen molar-refractivity contribution in [2.45, 2.75) is 30.2 Å². The molecule has 1 fully saturated rings. The molecule has 1 aromatic rings. The van der Waals surface area contributed by atoms with Crippen LogP contribution in [0.5, 0.6) is 0 Å². The molecule has 1 aromatic carbocycles. The summed E-state index contributed by atoms with van der Waals surface area (Å²) in [5, 5.41) is 2.60. The van der Waals surface area contributed by atoms with Crippen molar-refractivity contribution in [3.05, 3.63) is 35.4 Å². The zero-order chi connectivity index (χ0) is 15.7. The number of carbonyl (C=O) groups is 1. The summed E-state index contributed by atoms with van der Waals surface area (Å²) in [5.41, 5.74) is -0.895. The van der Waals surface area contributed by atoms with Gasteiger partial charge in [0.15, 0.2) is 0 Å². The average Bonchev–Trinajstić information content (AvgIpc) is 2.36. The Morgan fingerprint density at radius 1 is 1.38 bits per heavy atom. The Labute approximate surface area is 123 Å². The minimum atomic E-state index is -4.48. The zero-order valence-electron chi connectivity index (χ0n) is 11.5. The summed E-state index contributed by atoms with van der Waals surface area (Å²) in [6.45, 7) is 0.227. The monoisotopic (exact) mass is 319 g/mol. The van der Waals surface area contributed by atoms with Gasteiger partial charge in [0.1, 0.15) is 0 Å². The van der Waals surface area contributed by atoms with Crippen molar-refractivity contribution < 1.29 is 22.2 Å². The van der Waals surface area contributed by atoms with E-state index in [9.17, 15) is 22.2 Å². The Balaban J connectivity index is 2.06. The van der Waals surface area contributed by atoms with Crippen molar-refractivity contribution in [3.63, 3.8) is 0 Å². The first-order valence-corrected chi connectivity index (χ1v) is 8.09. The van der Waals surface area contributed by atoms with E-state index in [1.807, 2.05) is 0 Å². The Morgan fingerprint density at radius 2 is 2.05 bits per heavy atom. The van der Waals surface area contributed by atoms with Gasteiger partial charge in [0.05, 0.1) is 10.3 Å². The topological polar surface area (TPSA) is 46.2 Å². The highest BCUT2D eigenvalue weighted by Gasteiger charge is 2.41. The van der Waals surface area contributed by atoms with Crippen LogP contribution in [-0.4, -0.2) is 27.7 Å². The van der Waals surface area contributed by atoms with Gasteiger partial charge in [0.25, 0.3) is 5.91 Å². The number of nitrogens with one attached hydrogen (secondary N) is 1. The van der Waals surface area contributed by atoms with E-state index in [1.165, 1.54) is 12.1 Å². The minimum absolute atomic E-state index is 0.0406. The molecule has 7 heteroatoms. The zero-order valence-corrected chi connectivity index (χ0v) is 12.3. The Hall–Kier alpha value is -1.37. The number of rotatable bonds is 4. The molecule has 0 saturated heterocycles. The molecule has 1 aliphatic rings. The van der Waals surface area contributed by atoms with Gasteiger partial charge in [-0.25, -0.2) is 0 Å². The summed E-state index contributed by atoms with van der Waals surface area (Å²) < 4.78 is 49.1. The second-order valence-electron chi connectivity index (χ2n) is 5.25. The number of amides is 1. The van der Waals surface area contributed by atoms with Crippen LogP contribution in [0.1, 0.15) is 35.2 Å². The van der Waals surface area contributed by atoms with E-state index in [0.717, 1.165) is 31.4 Å². The van der Waals surface area contributed by atoms with Crippen LogP contribution < -0.4 is 5.32 Å². The van der Waals surface area contributed by atoms with Crippen LogP contribution in [0.4, 0.5) is 13.2 Å². The second-order valence-corrected chi connectivity index (χ2v) is 7.03. The van der Waals surface area contributed by atoms with Crippen molar-refractivity contribution in [1.29, 1.82) is 0 Å². The molecule has 0 bridgehead atoms. The summed E-state index contributed by atoms with van der Waals surface area (Å²) in [4.78, 5) is 12.0. The number of benzene rings is 1. The van der Waals surface area contributed by atoms with Crippen molar-refractivity contribution in [2.75, 3.05) is 12.8 Å². The van der Waals surface area contributed by atoms with Crippen LogP contribution >= 0.6 is 0 Å². The lowest BCUT2D eigenvalue weighted by molar-refractivity contribution is -0.137. The largest absolute Gasteiger partial charge is 0.416 e. The van der Waals surface area contributed by atoms with Gasteiger partial charge in [-0.1, -0.05) is 12.5 Å². The minimum Gasteiger partial charge on any atom is -0.351 e. The molecule has 3 nitrogen and oxygen atoms in total. The molecular weight excluding hydrogens is 303 g/mol. The van der Waals surface area contributed by atoms with E-state index < -0.39 is 33.2 Å². The van der Waals surface area contributed by atoms with Crippen molar-refractivity contribution in [1.82, 2.24) is 5.32 Å². The molecular formula is C14H16F3NO2S. The first kappa shape index (κ1) is 16.0. The Kier molecular flexibility index (Phi) is 4.41. The van der Waals surface area contributed by atoms with Gasteiger partial charge < -0.3 is 5.32 Å². The third-order valence-electron chi connectivity index (χ3n) is 3.90. The number of alkyl halides is 3. The van der Waals surface area contributed by atoms with Crippen molar-refractivity contribution in [2.24, 2.45) is 0 Å². The van der Waals surface area contributed by atoms with Crippen LogP contribution in [0, 0.1) is 0 Å². The fraction of sp³-hybridized carbons (Fsp3) is 0.500. The molecule has 1 atom stereocenters. The first-order valence-electron chi connectivity index (χ1n) is 6.54. The second kappa shape index (κ2) is 5.79. The van der Waals surface area contributed by atoms with Crippen LogP contribution in [0.15, 0.2) is 24.3 Å². The van der Waals surface area contributed by atoms with Gasteiger partial charge in [-0.2, -0.15) is 13.2 Å². The van der Waals surface area contributed by atoms with Gasteiger partial charge in [-0.05, 0) is 31.0 Å². The number of hydrogen-bond donors (Lipinski definition) is 1. The Morgan fingerprint density at radius 3 is 2.52 bits per heavy atom. The van der Waals surface area contributed by atoms with Crippen LogP contribution in [0.3, 0.4) is 0 Å². The molecule has 1 amide bonds. The standard InChI is InChI=1S/C14H16F3NO2S/c1-21(20)13(6-3-7-13)9-18-12(19)10-4-2-5-11(8-10)14(15,16)17/h2,4-5,8H,3,6-7,9H2,1H3,(H,18,19)/t21-/m0/s1. The van der Waals surface area contributed by atoms with E-state index >= 15 is 0 Å². The van der Waals surface area contributed by atoms with Crippen molar-refractivity contribution in [3.8, 4) is 0 Å². The average molecular weight is 319 g/mol. The predicted octanol–water partition coefficient (Wildman–Crippen LogP) is 2.74. The van der Waals surface area contributed by atoms with Crippen LogP contribution in [0.25, 0.3) is 0 Å². The molecule has 0 unspecified atom stereocenters. The van der Waals surface area contributed by atoms with E-state index in [2.05, 4.69) is 5.32 Å². The molecule has 116 valence electrons. The SMILES string of the molecule is C[S@](=O)C1(CNC(=O)c2cccc(C(F)(F)F)c2)CCC1. The summed E-state index contributed by atoms with van der Waals surface area (Å²) in [6, 6.07) is 4.28. The number of carbonyl (C=O) groups excluding carboxylic acids is 1. The van der Waals surface area contributed by atoms with Gasteiger partial charge in [-0.3, -0.25) is 9.00 Å². The van der Waals surface area contributed by atoms with Crippen LogP contribution in [0.2, 0.25) is 0 Å². The molecule has 1 aliphatic carbocycles. The van der Waals surface area contributed by atoms with Gasteiger partial charge in [-0.15, -0.1) is 0 Å². The first-order chi connectivity index (χ1) is 9.74. The van der Waals surface area contributed by atoms with Gasteiger partial charge in [0, 0.05) is 29.2 Å². The Bertz CT molecular complexity index is 568. The number of halogens is 3. The summed E-state index contributed by atoms with van der Waals surface area (Å²) in [5.74, 6) is -0.571. The maximum Gasteiger partial charge on any atom is 0.416 e. The number of hydrogen-bond acceptors (Lipinski definition) is 2. The van der Waals surface area contributed by atoms with E-state index in [-0.39, 0.29) is 12.1 Å². The fourth-order valence-electron chi connectivity index (χ4n) is 2.32. The molecule has 0 spiro atoms. The quantitative estimate of drug-likeness (QED) is 0.927. The highest BCUT2D eigenvalue weighted by molar-refractivity contribution is 7.85. The maximum atomic E-state index is 12.6. The van der Waals surface area contributed by atoms with Crippen molar-refractivity contribution >= 4 is 16.7 Å². The highest BCUT2D eigenvalue weighted by atomic mass is 32.2. The molecule has 0 radical (unpaired) electrons. The lowest BCUT2D eigenvalue weighted by Gasteiger charge is -2.39. The lowest BCUT2D eigenvalue weighted by Crippen LogP contribution is -2.50. The smallest absolute Gasteiger partial charge is 0.351 e. The van der Waals surface area contributed by atoms with E-state index in [1.54, 1.807) is 6.26 Å². The molecule has 1 N–H and O–H groups in total. The van der Waals surface area contributed by atoms with Gasteiger partial charge in [0.2, 0.25) is 0 Å². The molecule has 0 aliphatic heterocycles. The highest BCUT2D eigenvalue weighted by Crippen LogP contribution is 2.36. The van der Waals surface area contributed by atoms with Crippen LogP contribution in [-0.2, 0) is 17.0 Å². The normalized spacial score (nSPS) is 18.7. The predicted molar refractivity (Wildman–Crippen MR) is 74.4 cm³/mol. The third kappa shape index (κ3) is 3.45. The fourth-order valence-corrected chi connectivity index (χ4v) is 3.46. The summed E-state index contributed by atoms with van der Waals surface area (Å²) in [7, 11) is -1.07.